The number of hydrogen-bond donors (Lipinski definition) is 0. The van der Waals surface area contributed by atoms with Crippen LogP contribution in [0.4, 0.5) is 22.0 Å². The molecule has 5 nitrogen and oxygen atoms in total. The van der Waals surface area contributed by atoms with Gasteiger partial charge in [0, 0.05) is 27.5 Å². The minimum absolute atomic E-state index is 0.131. The fourth-order valence-electron chi connectivity index (χ4n) is 2.95. The summed E-state index contributed by atoms with van der Waals surface area (Å²) in [5.74, 6) is -0.492. The lowest BCUT2D eigenvalue weighted by molar-refractivity contribution is -0.189. The van der Waals surface area contributed by atoms with Gasteiger partial charge in [-0.15, -0.1) is 0 Å². The van der Waals surface area contributed by atoms with Crippen LogP contribution in [0.25, 0.3) is 0 Å². The molecule has 1 aliphatic rings. The van der Waals surface area contributed by atoms with Gasteiger partial charge in [-0.2, -0.15) is 13.2 Å². The van der Waals surface area contributed by atoms with Crippen LogP contribution in [0.3, 0.4) is 0 Å². The van der Waals surface area contributed by atoms with Gasteiger partial charge >= 0.3 is 6.18 Å². The molecule has 1 fully saturated rings. The van der Waals surface area contributed by atoms with Crippen LogP contribution < -0.4 is 9.47 Å². The van der Waals surface area contributed by atoms with Crippen molar-refractivity contribution in [2.24, 2.45) is 0 Å². The van der Waals surface area contributed by atoms with Crippen LogP contribution in [0, 0.1) is 0 Å². The molecule has 0 N–H and O–H groups in total. The fraction of sp³-hybridized carbons (Fsp3) is 0.381. The first-order valence-electron chi connectivity index (χ1n) is 9.50. The minimum atomic E-state index is -4.62. The molecular formula is C21H20F5NO4S. The summed E-state index contributed by atoms with van der Waals surface area (Å²) < 4.78 is 86.4. The summed E-state index contributed by atoms with van der Waals surface area (Å²) in [5.41, 5.74) is -0.273. The molecule has 2 aromatic rings. The second kappa shape index (κ2) is 9.43. The lowest BCUT2D eigenvalue weighted by Gasteiger charge is -2.39. The number of alkyl halides is 5. The van der Waals surface area contributed by atoms with Gasteiger partial charge in [0.15, 0.2) is 6.10 Å². The molecule has 0 radical (unpaired) electrons. The van der Waals surface area contributed by atoms with Gasteiger partial charge in [-0.3, -0.25) is 9.00 Å². The lowest BCUT2D eigenvalue weighted by atomic mass is 10.1. The maximum Gasteiger partial charge on any atom is 0.425 e. The van der Waals surface area contributed by atoms with Crippen molar-refractivity contribution in [1.82, 2.24) is 4.90 Å². The number of rotatable bonds is 7. The van der Waals surface area contributed by atoms with Crippen LogP contribution in [0.1, 0.15) is 29.3 Å². The van der Waals surface area contributed by atoms with E-state index < -0.39 is 41.5 Å². The molecule has 11 heteroatoms. The van der Waals surface area contributed by atoms with E-state index in [0.717, 1.165) is 6.92 Å². The molecule has 1 heterocycles. The van der Waals surface area contributed by atoms with Crippen LogP contribution in [0.2, 0.25) is 0 Å². The summed E-state index contributed by atoms with van der Waals surface area (Å²) in [6, 6.07) is 9.08. The monoisotopic (exact) mass is 477 g/mol. The van der Waals surface area contributed by atoms with Gasteiger partial charge in [-0.05, 0) is 49.4 Å². The Hall–Kier alpha value is -2.69. The summed E-state index contributed by atoms with van der Waals surface area (Å²) in [7, 11) is -1.46. The maximum absolute atomic E-state index is 12.9. The molecule has 32 heavy (non-hydrogen) atoms. The highest BCUT2D eigenvalue weighted by Gasteiger charge is 2.39. The molecule has 3 rings (SSSR count). The minimum Gasteiger partial charge on any atom is -0.487 e. The van der Waals surface area contributed by atoms with E-state index in [9.17, 15) is 31.0 Å². The van der Waals surface area contributed by atoms with Gasteiger partial charge in [0.25, 0.3) is 12.3 Å². The quantitative estimate of drug-likeness (QED) is 0.548. The first-order chi connectivity index (χ1) is 15.0. The maximum atomic E-state index is 12.9. The van der Waals surface area contributed by atoms with E-state index in [1.54, 1.807) is 0 Å². The molecule has 0 spiro atoms. The van der Waals surface area contributed by atoms with E-state index in [1.165, 1.54) is 53.6 Å². The van der Waals surface area contributed by atoms with Crippen molar-refractivity contribution < 1.29 is 40.4 Å². The molecular weight excluding hydrogens is 457 g/mol. The smallest absolute Gasteiger partial charge is 0.425 e. The zero-order valence-electron chi connectivity index (χ0n) is 17.1. The summed E-state index contributed by atoms with van der Waals surface area (Å²) in [4.78, 5) is 14.5. The third-order valence-electron chi connectivity index (χ3n) is 4.85. The SMILES string of the molecule is CC(Oc1ccc(S(C)=O)cc1C(=O)N1CC(Oc2ccc(C(F)F)cc2)C1)C(F)(F)F. The van der Waals surface area contributed by atoms with Crippen molar-refractivity contribution in [3.05, 3.63) is 53.6 Å². The van der Waals surface area contributed by atoms with Gasteiger partial charge in [0.05, 0.1) is 18.7 Å². The Morgan fingerprint density at radius 2 is 1.75 bits per heavy atom. The zero-order valence-corrected chi connectivity index (χ0v) is 17.9. The zero-order chi connectivity index (χ0) is 23.6. The Morgan fingerprint density at radius 1 is 1.12 bits per heavy atom. The number of halogens is 5. The van der Waals surface area contributed by atoms with E-state index in [4.69, 9.17) is 9.47 Å². The Morgan fingerprint density at radius 3 is 2.28 bits per heavy atom. The second-order valence-corrected chi connectivity index (χ2v) is 8.61. The van der Waals surface area contributed by atoms with Crippen molar-refractivity contribution in [2.45, 2.75) is 36.6 Å². The second-order valence-electron chi connectivity index (χ2n) is 7.23. The van der Waals surface area contributed by atoms with Crippen molar-refractivity contribution in [1.29, 1.82) is 0 Å². The topological polar surface area (TPSA) is 55.8 Å². The highest BCUT2D eigenvalue weighted by atomic mass is 32.2. The summed E-state index contributed by atoms with van der Waals surface area (Å²) in [6.07, 6.45) is -8.38. The summed E-state index contributed by atoms with van der Waals surface area (Å²) in [5, 5.41) is 0. The van der Waals surface area contributed by atoms with Gasteiger partial charge in [-0.25, -0.2) is 8.78 Å². The fourth-order valence-corrected chi connectivity index (χ4v) is 3.49. The summed E-state index contributed by atoms with van der Waals surface area (Å²) in [6.45, 7) is 1.11. The predicted octanol–water partition coefficient (Wildman–Crippen LogP) is 4.59. The third kappa shape index (κ3) is 5.56. The average Bonchev–Trinajstić information content (AvgIpc) is 2.69. The first kappa shape index (κ1) is 24.0. The highest BCUT2D eigenvalue weighted by Crippen LogP contribution is 2.31. The molecule has 2 unspecified atom stereocenters. The number of carbonyl (C=O) groups is 1. The molecule has 2 atom stereocenters. The van der Waals surface area contributed by atoms with Gasteiger partial charge in [0.2, 0.25) is 0 Å². The van der Waals surface area contributed by atoms with Crippen LogP contribution in [0.15, 0.2) is 47.4 Å². The molecule has 0 aliphatic carbocycles. The van der Waals surface area contributed by atoms with Crippen molar-refractivity contribution in [2.75, 3.05) is 19.3 Å². The van der Waals surface area contributed by atoms with E-state index in [2.05, 4.69) is 0 Å². The van der Waals surface area contributed by atoms with Crippen LogP contribution in [0.5, 0.6) is 11.5 Å². The number of hydrogen-bond acceptors (Lipinski definition) is 4. The van der Waals surface area contributed by atoms with Crippen molar-refractivity contribution in [3.8, 4) is 11.5 Å². The largest absolute Gasteiger partial charge is 0.487 e. The number of amides is 1. The van der Waals surface area contributed by atoms with Crippen LogP contribution in [-0.2, 0) is 10.8 Å². The number of benzene rings is 2. The van der Waals surface area contributed by atoms with Crippen molar-refractivity contribution >= 4 is 16.7 Å². The van der Waals surface area contributed by atoms with Gasteiger partial charge in [-0.1, -0.05) is 0 Å². The number of ether oxygens (including phenoxy) is 2. The van der Waals surface area contributed by atoms with E-state index in [-0.39, 0.29) is 34.9 Å². The molecule has 2 aromatic carbocycles. The normalized spacial score (nSPS) is 16.4. The number of nitrogens with zero attached hydrogens (tertiary/aromatic N) is 1. The first-order valence-corrected chi connectivity index (χ1v) is 11.1. The Kier molecular flexibility index (Phi) is 7.06. The van der Waals surface area contributed by atoms with E-state index >= 15 is 0 Å². The van der Waals surface area contributed by atoms with Gasteiger partial charge in [0.1, 0.15) is 17.6 Å². The Balaban J connectivity index is 1.70. The molecule has 0 bridgehead atoms. The number of likely N-dealkylation sites (tertiary alicyclic amines) is 1. The van der Waals surface area contributed by atoms with Crippen LogP contribution in [-0.4, -0.2) is 52.7 Å². The van der Waals surface area contributed by atoms with E-state index in [0.29, 0.717) is 5.75 Å². The average molecular weight is 477 g/mol. The molecule has 1 amide bonds. The molecule has 0 aromatic heterocycles. The van der Waals surface area contributed by atoms with Gasteiger partial charge < -0.3 is 14.4 Å². The predicted molar refractivity (Wildman–Crippen MR) is 107 cm³/mol. The molecule has 1 saturated heterocycles. The van der Waals surface area contributed by atoms with E-state index in [1.807, 2.05) is 0 Å². The Labute approximate surface area is 183 Å². The third-order valence-corrected chi connectivity index (χ3v) is 5.77. The highest BCUT2D eigenvalue weighted by molar-refractivity contribution is 7.84. The molecule has 0 saturated carbocycles. The van der Waals surface area contributed by atoms with Crippen molar-refractivity contribution in [3.63, 3.8) is 0 Å². The standard InChI is InChI=1S/C21H20F5NO4S/c1-12(21(24,25)26)30-18-8-7-16(32(2)29)9-17(18)20(28)27-10-15(11-27)31-14-5-3-13(4-6-14)19(22)23/h3-9,12,15,19H,10-11H2,1-2H3. The lowest BCUT2D eigenvalue weighted by Crippen LogP contribution is -2.56. The Bertz CT molecular complexity index is 991. The summed E-state index contributed by atoms with van der Waals surface area (Å²) >= 11 is 0. The molecule has 1 aliphatic heterocycles. The number of carbonyl (C=O) groups excluding carboxylic acids is 1. The molecule has 174 valence electrons. The van der Waals surface area contributed by atoms with Crippen LogP contribution >= 0.6 is 0 Å².